The highest BCUT2D eigenvalue weighted by atomic mass is 19.4. The minimum Gasteiger partial charge on any atom is -0.370 e. The number of nitrogens with two attached hydrogens (primary N) is 6. The number of carbonyl (C=O) groups excluding carboxylic acids is 6. The van der Waals surface area contributed by atoms with Crippen LogP contribution in [0, 0.1) is 12.7 Å². The summed E-state index contributed by atoms with van der Waals surface area (Å²) in [5, 5.41) is 19.1. The first-order chi connectivity index (χ1) is 62.4. The van der Waals surface area contributed by atoms with Gasteiger partial charge in [-0.15, -0.1) is 0 Å². The first-order valence-electron chi connectivity index (χ1n) is 43.9. The molecule has 0 unspecified atom stereocenters. The van der Waals surface area contributed by atoms with Crippen LogP contribution in [0.25, 0.3) is 18.2 Å². The summed E-state index contributed by atoms with van der Waals surface area (Å²) in [5.74, 6) is -1.23. The van der Waals surface area contributed by atoms with E-state index < -0.39 is 35.8 Å². The van der Waals surface area contributed by atoms with Gasteiger partial charge in [-0.2, -0.15) is 13.2 Å². The first-order valence-corrected chi connectivity index (χ1v) is 43.9. The topological polar surface area (TPSA) is 378 Å². The number of nitrogens with zero attached hydrogens (tertiary/aromatic N) is 6. The van der Waals surface area contributed by atoms with Gasteiger partial charge in [-0.05, 0) is 151 Å². The molecule has 0 bridgehead atoms. The minimum atomic E-state index is -4.53. The van der Waals surface area contributed by atoms with Crippen molar-refractivity contribution in [3.63, 3.8) is 0 Å². The number of hydrogen-bond donors (Lipinski definition) is 12. The van der Waals surface area contributed by atoms with Crippen molar-refractivity contribution in [2.75, 3.05) is 78.5 Å². The van der Waals surface area contributed by atoms with Crippen LogP contribution in [0.4, 0.5) is 17.6 Å². The molecule has 0 saturated carbocycles. The van der Waals surface area contributed by atoms with Gasteiger partial charge in [0, 0.05) is 133 Å². The van der Waals surface area contributed by atoms with Crippen LogP contribution in [0.2, 0.25) is 0 Å². The number of guanidine groups is 3. The molecule has 6 amide bonds. The molecule has 18 N–H and O–H groups in total. The lowest BCUT2D eigenvalue weighted by Crippen LogP contribution is -2.49. The molecule has 0 radical (unpaired) electrons. The molecule has 12 rings (SSSR count). The van der Waals surface area contributed by atoms with Crippen LogP contribution >= 0.6 is 0 Å². The molecular formula is C101H120F4N18O6. The first kappa shape index (κ1) is 97.6. The van der Waals surface area contributed by atoms with Crippen molar-refractivity contribution >= 4 is 71.5 Å². The molecule has 28 heteroatoms. The molecular weight excluding hydrogens is 1640 g/mol. The van der Waals surface area contributed by atoms with E-state index >= 15 is 0 Å². The predicted octanol–water partition coefficient (Wildman–Crippen LogP) is 11.2. The minimum absolute atomic E-state index is 0.0165. The van der Waals surface area contributed by atoms with Crippen molar-refractivity contribution < 1.29 is 46.3 Å². The zero-order valence-corrected chi connectivity index (χ0v) is 72.9. The van der Waals surface area contributed by atoms with Gasteiger partial charge in [0.1, 0.15) is 5.82 Å². The van der Waals surface area contributed by atoms with Crippen molar-refractivity contribution in [3.8, 4) is 0 Å². The van der Waals surface area contributed by atoms with E-state index in [1.165, 1.54) is 53.1 Å². The Labute approximate surface area is 753 Å². The molecule has 3 aliphatic heterocycles. The SMILES string of the molecule is Cc1ccc(/C=C/C(=O)NC[C@@H]2CCN(CC(c3ccccc3)c3ccccc3)C(=O)[C@H](CCCN=C(N)N)N2)cc1.NC(N)=NCCC[C@@H]1N[C@H](CNC(=O)/C=C/c2cccc(F)c2)CCN(CC(c2ccccc2)c2ccccc2)C1=O.NC(N)=NCCC[C@@H]1N[C@H](CNC(=O)/C=C/c2ccccc2C(F)(F)F)CCN(CC(c2ccccc2)c2ccccc2)C1=O. The molecule has 129 heavy (non-hydrogen) atoms. The van der Waals surface area contributed by atoms with Crippen LogP contribution in [-0.2, 0) is 34.9 Å². The summed E-state index contributed by atoms with van der Waals surface area (Å²) in [5.41, 5.74) is 41.6. The fraction of sp³-hybridized carbons (Fsp3) is 0.317. The number of amides is 6. The summed E-state index contributed by atoms with van der Waals surface area (Å²) in [6, 6.07) is 78.5. The molecule has 24 nitrogen and oxygen atoms in total. The van der Waals surface area contributed by atoms with E-state index in [0.717, 1.165) is 46.0 Å². The van der Waals surface area contributed by atoms with Gasteiger partial charge in [0.05, 0.1) is 23.7 Å². The summed E-state index contributed by atoms with van der Waals surface area (Å²) in [7, 11) is 0. The number of nitrogens with one attached hydrogen (secondary N) is 6. The van der Waals surface area contributed by atoms with Crippen molar-refractivity contribution in [2.45, 2.75) is 125 Å². The van der Waals surface area contributed by atoms with Crippen molar-refractivity contribution in [2.24, 2.45) is 49.4 Å². The number of hydrogen-bond acceptors (Lipinski definition) is 12. The summed E-state index contributed by atoms with van der Waals surface area (Å²) in [6.07, 6.45) is 9.46. The molecule has 9 aromatic carbocycles. The lowest BCUT2D eigenvalue weighted by molar-refractivity contribution is -0.138. The second-order valence-corrected chi connectivity index (χ2v) is 32.2. The predicted molar refractivity (Wildman–Crippen MR) is 505 cm³/mol. The lowest BCUT2D eigenvalue weighted by atomic mass is 9.90. The summed E-state index contributed by atoms with van der Waals surface area (Å²) in [4.78, 5) is 97.5. The normalized spacial score (nSPS) is 17.3. The van der Waals surface area contributed by atoms with E-state index in [-0.39, 0.29) is 101 Å². The lowest BCUT2D eigenvalue weighted by Gasteiger charge is -2.29. The van der Waals surface area contributed by atoms with E-state index in [0.29, 0.717) is 135 Å². The quantitative estimate of drug-likeness (QED) is 0.00571. The van der Waals surface area contributed by atoms with Gasteiger partial charge in [-0.3, -0.25) is 43.7 Å². The van der Waals surface area contributed by atoms with Crippen molar-refractivity contribution in [3.05, 3.63) is 340 Å². The number of carbonyl (C=O) groups is 6. The van der Waals surface area contributed by atoms with Gasteiger partial charge < -0.3 is 81.0 Å². The van der Waals surface area contributed by atoms with Gasteiger partial charge in [0.15, 0.2) is 17.9 Å². The fourth-order valence-corrected chi connectivity index (χ4v) is 15.9. The van der Waals surface area contributed by atoms with Gasteiger partial charge in [-0.1, -0.05) is 242 Å². The average molecular weight is 1760 g/mol. The van der Waals surface area contributed by atoms with Crippen molar-refractivity contribution in [1.82, 2.24) is 46.6 Å². The van der Waals surface area contributed by atoms with E-state index in [1.807, 2.05) is 155 Å². The molecule has 0 aromatic heterocycles. The largest absolute Gasteiger partial charge is 0.416 e. The second-order valence-electron chi connectivity index (χ2n) is 32.2. The molecule has 0 aliphatic carbocycles. The van der Waals surface area contributed by atoms with E-state index in [2.05, 4.69) is 120 Å². The Balaban J connectivity index is 0.000000201. The van der Waals surface area contributed by atoms with Crippen LogP contribution in [0.15, 0.2) is 288 Å². The van der Waals surface area contributed by atoms with E-state index in [9.17, 15) is 46.3 Å². The third-order valence-electron chi connectivity index (χ3n) is 22.7. The number of aryl methyl sites for hydroxylation is 1. The summed E-state index contributed by atoms with van der Waals surface area (Å²) < 4.78 is 53.4. The van der Waals surface area contributed by atoms with Gasteiger partial charge in [0.2, 0.25) is 35.4 Å². The Bertz CT molecular complexity index is 5060. The molecule has 3 aliphatic rings. The number of rotatable bonds is 36. The van der Waals surface area contributed by atoms with Crippen LogP contribution < -0.4 is 66.3 Å². The average Bonchev–Trinajstić information content (AvgIpc) is 1.82. The Morgan fingerprint density at radius 3 is 1.02 bits per heavy atom. The molecule has 3 heterocycles. The highest BCUT2D eigenvalue weighted by molar-refractivity contribution is 5.93. The number of halogens is 4. The monoisotopic (exact) mass is 1760 g/mol. The Kier molecular flexibility index (Phi) is 38.8. The van der Waals surface area contributed by atoms with Crippen molar-refractivity contribution in [1.29, 1.82) is 0 Å². The maximum absolute atomic E-state index is 13.9. The molecule has 9 aromatic rings. The second kappa shape index (κ2) is 51.3. The number of alkyl halides is 3. The van der Waals surface area contributed by atoms with Gasteiger partial charge >= 0.3 is 6.18 Å². The van der Waals surface area contributed by atoms with Crippen LogP contribution in [0.5, 0.6) is 0 Å². The maximum atomic E-state index is 13.9. The van der Waals surface area contributed by atoms with E-state index in [1.54, 1.807) is 30.4 Å². The number of aliphatic imine (C=N–C) groups is 3. The molecule has 678 valence electrons. The highest BCUT2D eigenvalue weighted by Crippen LogP contribution is 2.34. The van der Waals surface area contributed by atoms with Crippen LogP contribution in [0.1, 0.15) is 137 Å². The Hall–Kier alpha value is -13.6. The van der Waals surface area contributed by atoms with Crippen LogP contribution in [-0.4, -0.2) is 183 Å². The van der Waals surface area contributed by atoms with Gasteiger partial charge in [-0.25, -0.2) is 4.39 Å². The third-order valence-corrected chi connectivity index (χ3v) is 22.7. The summed E-state index contributed by atoms with van der Waals surface area (Å²) >= 11 is 0. The summed E-state index contributed by atoms with van der Waals surface area (Å²) in [6.45, 7) is 7.41. The highest BCUT2D eigenvalue weighted by Gasteiger charge is 2.37. The smallest absolute Gasteiger partial charge is 0.370 e. The molecule has 3 saturated heterocycles. The molecule has 0 spiro atoms. The Morgan fingerprint density at radius 1 is 0.403 bits per heavy atom. The molecule has 6 atom stereocenters. The fourth-order valence-electron chi connectivity index (χ4n) is 15.9. The van der Waals surface area contributed by atoms with Crippen LogP contribution in [0.3, 0.4) is 0 Å². The molecule has 3 fully saturated rings. The Morgan fingerprint density at radius 2 is 0.705 bits per heavy atom. The zero-order valence-electron chi connectivity index (χ0n) is 72.9. The maximum Gasteiger partial charge on any atom is 0.416 e. The van der Waals surface area contributed by atoms with Gasteiger partial charge in [0.25, 0.3) is 0 Å². The standard InChI is InChI=1S/C34H39F3N6O2.C34H42N6O2.C33H39FN6O2/c35-34(36,37)29-15-8-7-14-26(29)17-18-31(44)41-22-27-19-21-43(32(45)30(42-27)16-9-20-40-33(38)39)23-28(24-10-3-1-4-11-24)25-12-5-2-6-13-25;1-25-14-16-26(17-15-25)18-19-32(41)38-23-29-20-22-40(33(42)31(39-29)13-8-21-37-34(35)36)24-30(27-9-4-2-5-10-27)28-11-6-3-7-12-28;34-27-14-7-9-24(21-27)16-17-31(41)38-22-28-18-20-40(32(42)30(39-28)15-8-19-37-33(35)36)23-29(25-10-3-1-4-11-25)26-12-5-2-6-13-26/h1-8,10-15,17-18,27-28,30,42H,9,16,19-23H2,(H,41,44)(H4,38,39,40);2-7,9-12,14-19,29-31,39H,8,13,20-24H2,1H3,(H,38,41)(H4,35,36,37);1-7,9-14,16-17,21,28-30,39H,8,15,18-20,22-23H2,(H,38,41)(H4,35,36,37)/b18-17+;19-18+;17-16+/t27-,30-;29-,31-;28-,30-/m000/s1. The van der Waals surface area contributed by atoms with E-state index in [4.69, 9.17) is 34.4 Å². The number of benzene rings is 9. The third kappa shape index (κ3) is 33.0. The zero-order chi connectivity index (χ0) is 91.7.